The van der Waals surface area contributed by atoms with Crippen molar-refractivity contribution >= 4 is 10.0 Å². The second kappa shape index (κ2) is 5.70. The molecule has 17 heavy (non-hydrogen) atoms. The summed E-state index contributed by atoms with van der Waals surface area (Å²) in [6, 6.07) is 0. The van der Waals surface area contributed by atoms with Gasteiger partial charge in [0, 0.05) is 13.1 Å². The zero-order valence-corrected chi connectivity index (χ0v) is 12.5. The van der Waals surface area contributed by atoms with Crippen LogP contribution in [0.25, 0.3) is 0 Å². The molecule has 0 spiro atoms. The fraction of sp³-hybridized carbons (Fsp3) is 1.00. The minimum Gasteiger partial charge on any atom is -0.212 e. The Morgan fingerprint density at radius 1 is 1.18 bits per heavy atom. The summed E-state index contributed by atoms with van der Waals surface area (Å²) in [6.45, 7) is 10.1. The molecule has 0 bridgehead atoms. The summed E-state index contributed by atoms with van der Waals surface area (Å²) in [4.78, 5) is 0. The summed E-state index contributed by atoms with van der Waals surface area (Å²) in [5.74, 6) is 0.942. The highest BCUT2D eigenvalue weighted by atomic mass is 32.2. The largest absolute Gasteiger partial charge is 0.214 e. The van der Waals surface area contributed by atoms with Gasteiger partial charge in [0.2, 0.25) is 10.0 Å². The van der Waals surface area contributed by atoms with Crippen LogP contribution in [-0.4, -0.2) is 31.6 Å². The van der Waals surface area contributed by atoms with E-state index in [0.29, 0.717) is 30.1 Å². The van der Waals surface area contributed by atoms with Crippen molar-refractivity contribution in [2.24, 2.45) is 11.3 Å². The van der Waals surface area contributed by atoms with Gasteiger partial charge in [0.1, 0.15) is 0 Å². The molecule has 1 heterocycles. The highest BCUT2D eigenvalue weighted by molar-refractivity contribution is 7.89. The topological polar surface area (TPSA) is 37.4 Å². The van der Waals surface area contributed by atoms with E-state index in [2.05, 4.69) is 20.8 Å². The number of rotatable bonds is 3. The van der Waals surface area contributed by atoms with Gasteiger partial charge in [-0.25, -0.2) is 12.7 Å². The number of nitrogens with zero attached hydrogens (tertiary/aromatic N) is 1. The van der Waals surface area contributed by atoms with Crippen molar-refractivity contribution < 1.29 is 8.42 Å². The van der Waals surface area contributed by atoms with E-state index in [0.717, 1.165) is 25.8 Å². The summed E-state index contributed by atoms with van der Waals surface area (Å²) < 4.78 is 25.8. The molecule has 0 aliphatic carbocycles. The Kier molecular flexibility index (Phi) is 5.02. The van der Waals surface area contributed by atoms with Crippen molar-refractivity contribution in [3.63, 3.8) is 0 Å². The fourth-order valence-electron chi connectivity index (χ4n) is 2.60. The second-order valence-electron chi connectivity index (χ2n) is 6.21. The van der Waals surface area contributed by atoms with Crippen LogP contribution in [0.3, 0.4) is 0 Å². The van der Waals surface area contributed by atoms with E-state index < -0.39 is 10.0 Å². The lowest BCUT2D eigenvalue weighted by Gasteiger charge is -2.29. The van der Waals surface area contributed by atoms with Crippen LogP contribution in [0.1, 0.15) is 53.4 Å². The molecule has 1 rings (SSSR count). The Balaban J connectivity index is 2.66. The highest BCUT2D eigenvalue weighted by Gasteiger charge is 2.30. The Morgan fingerprint density at radius 3 is 2.35 bits per heavy atom. The molecule has 0 saturated carbocycles. The minimum absolute atomic E-state index is 0.296. The van der Waals surface area contributed by atoms with Crippen molar-refractivity contribution in [1.29, 1.82) is 0 Å². The van der Waals surface area contributed by atoms with Gasteiger partial charge in [-0.05, 0) is 37.0 Å². The van der Waals surface area contributed by atoms with Crippen LogP contribution in [0.5, 0.6) is 0 Å². The Bertz CT molecular complexity index is 330. The molecule has 1 aliphatic rings. The van der Waals surface area contributed by atoms with E-state index in [9.17, 15) is 8.42 Å². The van der Waals surface area contributed by atoms with Crippen LogP contribution < -0.4 is 0 Å². The first kappa shape index (κ1) is 15.0. The van der Waals surface area contributed by atoms with Gasteiger partial charge in [-0.2, -0.15) is 0 Å². The maximum Gasteiger partial charge on any atom is 0.214 e. The van der Waals surface area contributed by atoms with Gasteiger partial charge < -0.3 is 0 Å². The summed E-state index contributed by atoms with van der Waals surface area (Å²) in [5.41, 5.74) is 0.296. The van der Waals surface area contributed by atoms with Crippen LogP contribution in [0.2, 0.25) is 0 Å². The summed E-state index contributed by atoms with van der Waals surface area (Å²) in [5, 5.41) is 0. The molecule has 1 unspecified atom stereocenters. The molecular weight excluding hydrogens is 234 g/mol. The average molecular weight is 261 g/mol. The van der Waals surface area contributed by atoms with Crippen molar-refractivity contribution in [3.8, 4) is 0 Å². The summed E-state index contributed by atoms with van der Waals surface area (Å²) in [6.07, 6.45) is 3.88. The van der Waals surface area contributed by atoms with Crippen molar-refractivity contribution in [1.82, 2.24) is 4.31 Å². The van der Waals surface area contributed by atoms with E-state index in [1.165, 1.54) is 0 Å². The fourth-order valence-corrected chi connectivity index (χ4v) is 4.17. The Morgan fingerprint density at radius 2 is 1.82 bits per heavy atom. The Labute approximate surface area is 107 Å². The van der Waals surface area contributed by atoms with Gasteiger partial charge in [-0.15, -0.1) is 0 Å². The van der Waals surface area contributed by atoms with E-state index in [1.807, 2.05) is 6.92 Å². The second-order valence-corrected chi connectivity index (χ2v) is 8.30. The first-order valence-electron chi connectivity index (χ1n) is 6.75. The van der Waals surface area contributed by atoms with E-state index in [4.69, 9.17) is 0 Å². The molecule has 1 fully saturated rings. The first-order valence-corrected chi connectivity index (χ1v) is 8.36. The predicted octanol–water partition coefficient (Wildman–Crippen LogP) is 2.87. The lowest BCUT2D eigenvalue weighted by Crippen LogP contribution is -2.34. The molecule has 1 atom stereocenters. The first-order chi connectivity index (χ1) is 7.77. The Hall–Kier alpha value is -0.0900. The molecule has 1 aliphatic heterocycles. The number of hydrogen-bond donors (Lipinski definition) is 0. The standard InChI is InChI=1S/C13H27NO2S/c1-5-11-17(15,16)14-9-6-7-12(8-10-14)13(2,3)4/h12H,5-11H2,1-4H3. The molecule has 102 valence electrons. The third-order valence-electron chi connectivity index (χ3n) is 3.77. The van der Waals surface area contributed by atoms with Crippen LogP contribution in [0, 0.1) is 11.3 Å². The quantitative estimate of drug-likeness (QED) is 0.783. The SMILES string of the molecule is CCCS(=O)(=O)N1CCCC(C(C)(C)C)CC1. The molecular formula is C13H27NO2S. The molecule has 0 N–H and O–H groups in total. The maximum atomic E-state index is 12.0. The maximum absolute atomic E-state index is 12.0. The molecule has 0 aromatic heterocycles. The van der Waals surface area contributed by atoms with Crippen LogP contribution in [0.4, 0.5) is 0 Å². The van der Waals surface area contributed by atoms with E-state index in [1.54, 1.807) is 4.31 Å². The van der Waals surface area contributed by atoms with Gasteiger partial charge in [-0.1, -0.05) is 27.7 Å². The van der Waals surface area contributed by atoms with Crippen LogP contribution in [-0.2, 0) is 10.0 Å². The van der Waals surface area contributed by atoms with Crippen LogP contribution >= 0.6 is 0 Å². The van der Waals surface area contributed by atoms with Gasteiger partial charge in [0.25, 0.3) is 0 Å². The lowest BCUT2D eigenvalue weighted by atomic mass is 9.77. The summed E-state index contributed by atoms with van der Waals surface area (Å²) >= 11 is 0. The zero-order chi connectivity index (χ0) is 13.1. The summed E-state index contributed by atoms with van der Waals surface area (Å²) in [7, 11) is -2.99. The minimum atomic E-state index is -2.99. The van der Waals surface area contributed by atoms with E-state index >= 15 is 0 Å². The third kappa shape index (κ3) is 4.25. The van der Waals surface area contributed by atoms with E-state index in [-0.39, 0.29) is 0 Å². The monoisotopic (exact) mass is 261 g/mol. The van der Waals surface area contributed by atoms with Gasteiger partial charge in [0.05, 0.1) is 5.75 Å². The van der Waals surface area contributed by atoms with Gasteiger partial charge in [-0.3, -0.25) is 0 Å². The third-order valence-corrected chi connectivity index (χ3v) is 5.84. The van der Waals surface area contributed by atoms with Crippen molar-refractivity contribution in [2.45, 2.75) is 53.4 Å². The van der Waals surface area contributed by atoms with Crippen molar-refractivity contribution in [2.75, 3.05) is 18.8 Å². The molecule has 0 aromatic carbocycles. The molecule has 1 saturated heterocycles. The average Bonchev–Trinajstić information content (AvgIpc) is 2.41. The van der Waals surface area contributed by atoms with Gasteiger partial charge >= 0.3 is 0 Å². The number of sulfonamides is 1. The number of hydrogen-bond acceptors (Lipinski definition) is 2. The smallest absolute Gasteiger partial charge is 0.212 e. The molecule has 0 aromatic rings. The normalized spacial score (nSPS) is 24.6. The molecule has 4 heteroatoms. The lowest BCUT2D eigenvalue weighted by molar-refractivity contribution is 0.217. The molecule has 0 radical (unpaired) electrons. The molecule has 0 amide bonds. The predicted molar refractivity (Wildman–Crippen MR) is 72.4 cm³/mol. The molecule has 3 nitrogen and oxygen atoms in total. The van der Waals surface area contributed by atoms with Crippen LogP contribution in [0.15, 0.2) is 0 Å². The zero-order valence-electron chi connectivity index (χ0n) is 11.7. The van der Waals surface area contributed by atoms with Crippen molar-refractivity contribution in [3.05, 3.63) is 0 Å². The van der Waals surface area contributed by atoms with Gasteiger partial charge in [0.15, 0.2) is 0 Å². The highest BCUT2D eigenvalue weighted by Crippen LogP contribution is 2.34.